The Morgan fingerprint density at radius 1 is 1.55 bits per heavy atom. The van der Waals surface area contributed by atoms with Gasteiger partial charge in [0.1, 0.15) is 5.75 Å². The molecule has 2 rings (SSSR count). The van der Waals surface area contributed by atoms with Gasteiger partial charge in [0.2, 0.25) is 5.91 Å². The van der Waals surface area contributed by atoms with Gasteiger partial charge in [0, 0.05) is 13.1 Å². The van der Waals surface area contributed by atoms with Gasteiger partial charge in [-0.25, -0.2) is 0 Å². The number of methoxy groups -OCH3 is 1. The lowest BCUT2D eigenvalue weighted by atomic mass is 9.99. The van der Waals surface area contributed by atoms with E-state index in [1.165, 1.54) is 0 Å². The zero-order valence-corrected chi connectivity index (χ0v) is 12.6. The molecule has 2 unspecified atom stereocenters. The number of amides is 1. The Hall–Kier alpha value is -1.55. The number of rotatable bonds is 5. The van der Waals surface area contributed by atoms with Gasteiger partial charge >= 0.3 is 0 Å². The Morgan fingerprint density at radius 3 is 3.05 bits per heavy atom. The lowest BCUT2D eigenvalue weighted by Gasteiger charge is -2.21. The number of nitrogens with one attached hydrogen (secondary N) is 1. The molecule has 1 fully saturated rings. The monoisotopic (exact) mass is 276 g/mol. The highest BCUT2D eigenvalue weighted by Crippen LogP contribution is 2.25. The minimum absolute atomic E-state index is 0.113. The largest absolute Gasteiger partial charge is 0.497 e. The van der Waals surface area contributed by atoms with E-state index in [9.17, 15) is 4.79 Å². The molecule has 0 bridgehead atoms. The van der Waals surface area contributed by atoms with Crippen LogP contribution in [0.5, 0.6) is 5.75 Å². The smallest absolute Gasteiger partial charge is 0.229 e. The van der Waals surface area contributed by atoms with Gasteiger partial charge in [-0.05, 0) is 50.6 Å². The second-order valence-corrected chi connectivity index (χ2v) is 5.49. The summed E-state index contributed by atoms with van der Waals surface area (Å²) in [5, 5.41) is 3.19. The van der Waals surface area contributed by atoms with Crippen molar-refractivity contribution in [3.8, 4) is 5.75 Å². The molecule has 0 aromatic heterocycles. The molecular weight excluding hydrogens is 252 g/mol. The van der Waals surface area contributed by atoms with Crippen molar-refractivity contribution in [2.75, 3.05) is 33.8 Å². The van der Waals surface area contributed by atoms with E-state index in [0.29, 0.717) is 5.92 Å². The third kappa shape index (κ3) is 3.31. The van der Waals surface area contributed by atoms with Gasteiger partial charge in [-0.15, -0.1) is 0 Å². The maximum atomic E-state index is 12.6. The summed E-state index contributed by atoms with van der Waals surface area (Å²) in [4.78, 5) is 14.6. The van der Waals surface area contributed by atoms with E-state index in [1.54, 1.807) is 7.11 Å². The summed E-state index contributed by atoms with van der Waals surface area (Å²) in [5.41, 5.74) is 1.02. The van der Waals surface area contributed by atoms with E-state index >= 15 is 0 Å². The minimum Gasteiger partial charge on any atom is -0.497 e. The standard InChI is InChI=1S/C16H24N2O2/c1-12(14-5-4-6-15(9-14)20-3)16(19)18-8-7-13(11-18)10-17-2/h4-6,9,12-13,17H,7-8,10-11H2,1-3H3. The molecule has 1 aliphatic heterocycles. The average molecular weight is 276 g/mol. The zero-order valence-electron chi connectivity index (χ0n) is 12.6. The summed E-state index contributed by atoms with van der Waals surface area (Å²) < 4.78 is 5.23. The third-order valence-corrected chi connectivity index (χ3v) is 4.05. The van der Waals surface area contributed by atoms with Crippen LogP contribution in [0.25, 0.3) is 0 Å². The van der Waals surface area contributed by atoms with Crippen LogP contribution in [0.1, 0.15) is 24.8 Å². The van der Waals surface area contributed by atoms with Crippen LogP contribution in [0.2, 0.25) is 0 Å². The second-order valence-electron chi connectivity index (χ2n) is 5.49. The molecule has 2 atom stereocenters. The van der Waals surface area contributed by atoms with Crippen LogP contribution in [-0.2, 0) is 4.79 Å². The fourth-order valence-corrected chi connectivity index (χ4v) is 2.82. The van der Waals surface area contributed by atoms with E-state index < -0.39 is 0 Å². The van der Waals surface area contributed by atoms with Gasteiger partial charge in [-0.3, -0.25) is 4.79 Å². The molecule has 0 saturated carbocycles. The van der Waals surface area contributed by atoms with Crippen molar-refractivity contribution in [2.45, 2.75) is 19.3 Å². The molecular formula is C16H24N2O2. The quantitative estimate of drug-likeness (QED) is 0.892. The maximum absolute atomic E-state index is 12.6. The maximum Gasteiger partial charge on any atom is 0.229 e. The highest BCUT2D eigenvalue weighted by molar-refractivity contribution is 5.83. The van der Waals surface area contributed by atoms with Crippen LogP contribution in [0.15, 0.2) is 24.3 Å². The molecule has 4 nitrogen and oxygen atoms in total. The lowest BCUT2D eigenvalue weighted by molar-refractivity contribution is -0.131. The molecule has 0 aliphatic carbocycles. The number of hydrogen-bond acceptors (Lipinski definition) is 3. The molecule has 1 N–H and O–H groups in total. The van der Waals surface area contributed by atoms with Gasteiger partial charge < -0.3 is 15.0 Å². The molecule has 0 radical (unpaired) electrons. The molecule has 1 aliphatic rings. The molecule has 0 spiro atoms. The van der Waals surface area contributed by atoms with Crippen LogP contribution in [0, 0.1) is 5.92 Å². The number of carbonyl (C=O) groups is 1. The Labute approximate surface area is 121 Å². The Kier molecular flexibility index (Phi) is 5.01. The number of nitrogens with zero attached hydrogens (tertiary/aromatic N) is 1. The molecule has 20 heavy (non-hydrogen) atoms. The highest BCUT2D eigenvalue weighted by atomic mass is 16.5. The number of hydrogen-bond donors (Lipinski definition) is 1. The van der Waals surface area contributed by atoms with Crippen molar-refractivity contribution >= 4 is 5.91 Å². The van der Waals surface area contributed by atoms with Crippen LogP contribution < -0.4 is 10.1 Å². The number of benzene rings is 1. The van der Waals surface area contributed by atoms with E-state index in [2.05, 4.69) is 5.32 Å². The van der Waals surface area contributed by atoms with E-state index in [1.807, 2.05) is 43.1 Å². The summed E-state index contributed by atoms with van der Waals surface area (Å²) >= 11 is 0. The number of ether oxygens (including phenoxy) is 1. The minimum atomic E-state index is -0.113. The average Bonchev–Trinajstić information content (AvgIpc) is 2.95. The fourth-order valence-electron chi connectivity index (χ4n) is 2.82. The van der Waals surface area contributed by atoms with Crippen LogP contribution in [0.4, 0.5) is 0 Å². The van der Waals surface area contributed by atoms with Crippen LogP contribution >= 0.6 is 0 Å². The molecule has 1 aromatic carbocycles. The van der Waals surface area contributed by atoms with E-state index in [4.69, 9.17) is 4.74 Å². The topological polar surface area (TPSA) is 41.6 Å². The summed E-state index contributed by atoms with van der Waals surface area (Å²) in [6, 6.07) is 7.78. The number of carbonyl (C=O) groups excluding carboxylic acids is 1. The second kappa shape index (κ2) is 6.75. The van der Waals surface area contributed by atoms with E-state index in [-0.39, 0.29) is 11.8 Å². The van der Waals surface area contributed by atoms with E-state index in [0.717, 1.165) is 37.4 Å². The summed E-state index contributed by atoms with van der Waals surface area (Å²) in [6.45, 7) is 4.70. The molecule has 1 aromatic rings. The molecule has 1 amide bonds. The highest BCUT2D eigenvalue weighted by Gasteiger charge is 2.29. The van der Waals surface area contributed by atoms with Gasteiger partial charge in [-0.1, -0.05) is 12.1 Å². The van der Waals surface area contributed by atoms with Crippen molar-refractivity contribution in [2.24, 2.45) is 5.92 Å². The summed E-state index contributed by atoms with van der Waals surface area (Å²) in [5.74, 6) is 1.49. The van der Waals surface area contributed by atoms with Gasteiger partial charge in [-0.2, -0.15) is 0 Å². The summed E-state index contributed by atoms with van der Waals surface area (Å²) in [7, 11) is 3.61. The first-order valence-electron chi connectivity index (χ1n) is 7.23. The predicted molar refractivity (Wildman–Crippen MR) is 80.0 cm³/mol. The van der Waals surface area contributed by atoms with Gasteiger partial charge in [0.15, 0.2) is 0 Å². The van der Waals surface area contributed by atoms with Gasteiger partial charge in [0.05, 0.1) is 13.0 Å². The Bertz CT molecular complexity index is 462. The predicted octanol–water partition coefficient (Wildman–Crippen LogP) is 1.87. The van der Waals surface area contributed by atoms with Gasteiger partial charge in [0.25, 0.3) is 0 Å². The zero-order chi connectivity index (χ0) is 14.5. The molecule has 1 heterocycles. The van der Waals surface area contributed by atoms with Crippen LogP contribution in [-0.4, -0.2) is 44.6 Å². The molecule has 4 heteroatoms. The van der Waals surface area contributed by atoms with Crippen molar-refractivity contribution in [1.29, 1.82) is 0 Å². The summed E-state index contributed by atoms with van der Waals surface area (Å²) in [6.07, 6.45) is 1.09. The number of likely N-dealkylation sites (tertiary alicyclic amines) is 1. The Balaban J connectivity index is 2.01. The first-order chi connectivity index (χ1) is 9.65. The Morgan fingerprint density at radius 2 is 2.35 bits per heavy atom. The molecule has 1 saturated heterocycles. The fraction of sp³-hybridized carbons (Fsp3) is 0.562. The lowest BCUT2D eigenvalue weighted by Crippen LogP contribution is -2.33. The first kappa shape index (κ1) is 14.9. The van der Waals surface area contributed by atoms with Crippen LogP contribution in [0.3, 0.4) is 0 Å². The normalized spacial score (nSPS) is 19.9. The van der Waals surface area contributed by atoms with Crippen molar-refractivity contribution in [3.63, 3.8) is 0 Å². The van der Waals surface area contributed by atoms with Crippen molar-refractivity contribution in [1.82, 2.24) is 10.2 Å². The first-order valence-corrected chi connectivity index (χ1v) is 7.23. The van der Waals surface area contributed by atoms with Crippen molar-refractivity contribution in [3.05, 3.63) is 29.8 Å². The third-order valence-electron chi connectivity index (χ3n) is 4.05. The molecule has 110 valence electrons. The van der Waals surface area contributed by atoms with Crippen molar-refractivity contribution < 1.29 is 9.53 Å². The SMILES string of the molecule is CNCC1CCN(C(=O)C(C)c2cccc(OC)c2)C1.